The monoisotopic (exact) mass is 210 g/mol. The van der Waals surface area contributed by atoms with Crippen molar-refractivity contribution in [3.8, 4) is 6.07 Å². The van der Waals surface area contributed by atoms with Gasteiger partial charge in [-0.05, 0) is 24.6 Å². The summed E-state index contributed by atoms with van der Waals surface area (Å²) < 4.78 is 25.1. The van der Waals surface area contributed by atoms with E-state index in [1.165, 1.54) is 6.07 Å². The van der Waals surface area contributed by atoms with Gasteiger partial charge in [-0.2, -0.15) is 9.98 Å². The predicted molar refractivity (Wildman–Crippen MR) is 52.0 cm³/mol. The number of rotatable bonds is 3. The Morgan fingerprint density at radius 2 is 2.21 bits per heavy atom. The van der Waals surface area contributed by atoms with Crippen LogP contribution in [0.2, 0.25) is 0 Å². The van der Waals surface area contributed by atoms with Crippen LogP contribution in [0.15, 0.2) is 29.2 Å². The Bertz CT molecular complexity index is 460. The molecule has 0 aliphatic heterocycles. The van der Waals surface area contributed by atoms with Crippen molar-refractivity contribution < 1.29 is 8.42 Å². The zero-order valence-corrected chi connectivity index (χ0v) is 8.50. The lowest BCUT2D eigenvalue weighted by Gasteiger charge is -2.03. The molecule has 0 spiro atoms. The molecule has 4 nitrogen and oxygen atoms in total. The first kappa shape index (κ1) is 10.7. The van der Waals surface area contributed by atoms with E-state index in [2.05, 4.69) is 4.72 Å². The molecule has 0 saturated carbocycles. The van der Waals surface area contributed by atoms with Crippen molar-refractivity contribution >= 4 is 10.0 Å². The SMILES string of the molecule is Cc1cccc(S(=O)(=O)NCC#N)c1. The van der Waals surface area contributed by atoms with Gasteiger partial charge in [-0.3, -0.25) is 0 Å². The molecule has 0 saturated heterocycles. The van der Waals surface area contributed by atoms with Crippen LogP contribution in [-0.2, 0) is 10.0 Å². The number of benzene rings is 1. The maximum absolute atomic E-state index is 11.5. The molecular formula is C9H10N2O2S. The van der Waals surface area contributed by atoms with Gasteiger partial charge in [-0.25, -0.2) is 8.42 Å². The van der Waals surface area contributed by atoms with Crippen LogP contribution in [0.4, 0.5) is 0 Å². The molecule has 0 aliphatic rings. The molecule has 0 heterocycles. The highest BCUT2D eigenvalue weighted by Crippen LogP contribution is 2.09. The summed E-state index contributed by atoms with van der Waals surface area (Å²) in [5.74, 6) is 0. The van der Waals surface area contributed by atoms with Crippen LogP contribution in [0, 0.1) is 18.3 Å². The molecule has 0 radical (unpaired) electrons. The van der Waals surface area contributed by atoms with Crippen LogP contribution < -0.4 is 4.72 Å². The quantitative estimate of drug-likeness (QED) is 0.750. The van der Waals surface area contributed by atoms with Crippen LogP contribution in [0.25, 0.3) is 0 Å². The number of sulfonamides is 1. The Morgan fingerprint density at radius 3 is 2.79 bits per heavy atom. The van der Waals surface area contributed by atoms with Gasteiger partial charge in [0.2, 0.25) is 10.0 Å². The maximum Gasteiger partial charge on any atom is 0.241 e. The van der Waals surface area contributed by atoms with E-state index >= 15 is 0 Å². The topological polar surface area (TPSA) is 70.0 Å². The zero-order chi connectivity index (χ0) is 10.6. The number of nitrogens with zero attached hydrogens (tertiary/aromatic N) is 1. The van der Waals surface area contributed by atoms with E-state index in [-0.39, 0.29) is 11.4 Å². The van der Waals surface area contributed by atoms with Gasteiger partial charge in [0.15, 0.2) is 0 Å². The predicted octanol–water partition coefficient (Wildman–Crippen LogP) is 0.797. The van der Waals surface area contributed by atoms with Crippen molar-refractivity contribution in [1.82, 2.24) is 4.72 Å². The summed E-state index contributed by atoms with van der Waals surface area (Å²) in [7, 11) is -3.52. The van der Waals surface area contributed by atoms with Gasteiger partial charge < -0.3 is 0 Å². The summed E-state index contributed by atoms with van der Waals surface area (Å²) in [4.78, 5) is 0.188. The van der Waals surface area contributed by atoms with Gasteiger partial charge in [-0.1, -0.05) is 12.1 Å². The van der Waals surface area contributed by atoms with E-state index < -0.39 is 10.0 Å². The number of nitrogens with one attached hydrogen (secondary N) is 1. The van der Waals surface area contributed by atoms with Crippen LogP contribution in [0.3, 0.4) is 0 Å². The molecule has 1 rings (SSSR count). The van der Waals surface area contributed by atoms with Crippen LogP contribution >= 0.6 is 0 Å². The molecular weight excluding hydrogens is 200 g/mol. The second-order valence-electron chi connectivity index (χ2n) is 2.80. The zero-order valence-electron chi connectivity index (χ0n) is 7.69. The standard InChI is InChI=1S/C9H10N2O2S/c1-8-3-2-4-9(7-8)14(12,13)11-6-5-10/h2-4,7,11H,6H2,1H3. The first-order valence-corrected chi connectivity index (χ1v) is 5.48. The first-order chi connectivity index (χ1) is 6.56. The molecule has 0 unspecified atom stereocenters. The minimum atomic E-state index is -3.52. The van der Waals surface area contributed by atoms with E-state index in [9.17, 15) is 8.42 Å². The fraction of sp³-hybridized carbons (Fsp3) is 0.222. The van der Waals surface area contributed by atoms with Crippen molar-refractivity contribution in [2.45, 2.75) is 11.8 Å². The normalized spacial score (nSPS) is 10.9. The summed E-state index contributed by atoms with van der Waals surface area (Å²) >= 11 is 0. The van der Waals surface area contributed by atoms with Gasteiger partial charge in [0.05, 0.1) is 17.5 Å². The molecule has 0 bridgehead atoms. The van der Waals surface area contributed by atoms with Crippen LogP contribution in [-0.4, -0.2) is 15.0 Å². The smallest absolute Gasteiger partial charge is 0.207 e. The highest BCUT2D eigenvalue weighted by molar-refractivity contribution is 7.89. The summed E-state index contributed by atoms with van der Waals surface area (Å²) in [6, 6.07) is 8.24. The molecule has 0 aromatic heterocycles. The fourth-order valence-corrected chi connectivity index (χ4v) is 2.01. The van der Waals surface area contributed by atoms with Crippen molar-refractivity contribution in [3.63, 3.8) is 0 Å². The summed E-state index contributed by atoms with van der Waals surface area (Å²) in [5.41, 5.74) is 0.866. The van der Waals surface area contributed by atoms with Gasteiger partial charge in [0.1, 0.15) is 0 Å². The lowest BCUT2D eigenvalue weighted by atomic mass is 10.2. The largest absolute Gasteiger partial charge is 0.241 e. The van der Waals surface area contributed by atoms with Crippen LogP contribution in [0.5, 0.6) is 0 Å². The summed E-state index contributed by atoms with van der Waals surface area (Å²) in [5, 5.41) is 8.25. The number of nitriles is 1. The van der Waals surface area contributed by atoms with Gasteiger partial charge in [-0.15, -0.1) is 0 Å². The molecule has 0 atom stereocenters. The molecule has 74 valence electrons. The third-order valence-corrected chi connectivity index (χ3v) is 3.04. The molecule has 0 amide bonds. The minimum Gasteiger partial charge on any atom is -0.207 e. The third-order valence-electron chi connectivity index (χ3n) is 1.64. The lowest BCUT2D eigenvalue weighted by molar-refractivity contribution is 0.586. The maximum atomic E-state index is 11.5. The van der Waals surface area contributed by atoms with Crippen molar-refractivity contribution in [3.05, 3.63) is 29.8 Å². The van der Waals surface area contributed by atoms with Gasteiger partial charge in [0, 0.05) is 0 Å². The van der Waals surface area contributed by atoms with Gasteiger partial charge in [0.25, 0.3) is 0 Å². The van der Waals surface area contributed by atoms with E-state index in [0.717, 1.165) is 5.56 Å². The Labute approximate surface area is 83.2 Å². The minimum absolute atomic E-state index is 0.188. The average Bonchev–Trinajstić information content (AvgIpc) is 2.15. The fourth-order valence-electron chi connectivity index (χ4n) is 0.993. The Hall–Kier alpha value is -1.38. The number of hydrogen-bond donors (Lipinski definition) is 1. The van der Waals surface area contributed by atoms with E-state index in [1.54, 1.807) is 18.2 Å². The summed E-state index contributed by atoms with van der Waals surface area (Å²) in [6.45, 7) is 1.60. The molecule has 14 heavy (non-hydrogen) atoms. The lowest BCUT2D eigenvalue weighted by Crippen LogP contribution is -2.23. The average molecular weight is 210 g/mol. The Balaban J connectivity index is 3.00. The summed E-state index contributed by atoms with van der Waals surface area (Å²) in [6.07, 6.45) is 0. The highest BCUT2D eigenvalue weighted by Gasteiger charge is 2.12. The second-order valence-corrected chi connectivity index (χ2v) is 4.57. The Morgan fingerprint density at radius 1 is 1.50 bits per heavy atom. The van der Waals surface area contributed by atoms with E-state index in [4.69, 9.17) is 5.26 Å². The van der Waals surface area contributed by atoms with Gasteiger partial charge >= 0.3 is 0 Å². The first-order valence-electron chi connectivity index (χ1n) is 3.99. The van der Waals surface area contributed by atoms with Crippen molar-refractivity contribution in [1.29, 1.82) is 5.26 Å². The number of hydrogen-bond acceptors (Lipinski definition) is 3. The molecule has 0 aliphatic carbocycles. The molecule has 5 heteroatoms. The second kappa shape index (κ2) is 4.22. The third kappa shape index (κ3) is 2.55. The molecule has 0 fully saturated rings. The Kier molecular flexibility index (Phi) is 3.23. The number of aryl methyl sites for hydroxylation is 1. The van der Waals surface area contributed by atoms with Crippen molar-refractivity contribution in [2.24, 2.45) is 0 Å². The van der Waals surface area contributed by atoms with E-state index in [1.807, 2.05) is 13.0 Å². The van der Waals surface area contributed by atoms with Crippen molar-refractivity contribution in [2.75, 3.05) is 6.54 Å². The van der Waals surface area contributed by atoms with E-state index in [0.29, 0.717) is 0 Å². The molecule has 1 aromatic carbocycles. The highest BCUT2D eigenvalue weighted by atomic mass is 32.2. The molecule has 1 N–H and O–H groups in total. The van der Waals surface area contributed by atoms with Crippen LogP contribution in [0.1, 0.15) is 5.56 Å². The molecule has 1 aromatic rings.